The molecular formula is C15H16N2O4. The molecule has 0 fully saturated rings. The highest BCUT2D eigenvalue weighted by atomic mass is 16.4. The second kappa shape index (κ2) is 5.41. The molecule has 1 aromatic heterocycles. The topological polar surface area (TPSA) is 106 Å². The summed E-state index contributed by atoms with van der Waals surface area (Å²) in [6.45, 7) is 1.46. The molecule has 110 valence electrons. The lowest BCUT2D eigenvalue weighted by Gasteiger charge is -2.19. The molecule has 0 saturated carbocycles. The van der Waals surface area contributed by atoms with Gasteiger partial charge in [0.25, 0.3) is 0 Å². The number of aromatic carboxylic acids is 1. The van der Waals surface area contributed by atoms with E-state index < -0.39 is 17.5 Å². The van der Waals surface area contributed by atoms with E-state index in [0.29, 0.717) is 5.69 Å². The van der Waals surface area contributed by atoms with Gasteiger partial charge >= 0.3 is 11.9 Å². The number of hydrogen-bond donors (Lipinski definition) is 3. The van der Waals surface area contributed by atoms with Crippen molar-refractivity contribution in [1.29, 1.82) is 0 Å². The molecule has 6 nitrogen and oxygen atoms in total. The van der Waals surface area contributed by atoms with E-state index in [0.717, 1.165) is 5.56 Å². The van der Waals surface area contributed by atoms with Crippen LogP contribution in [0, 0.1) is 0 Å². The molecule has 0 aliphatic heterocycles. The molecule has 1 atom stereocenters. The smallest absolute Gasteiger partial charge is 0.352 e. The van der Waals surface area contributed by atoms with Crippen LogP contribution < -0.4 is 5.73 Å². The highest BCUT2D eigenvalue weighted by molar-refractivity contribution is 5.86. The van der Waals surface area contributed by atoms with Crippen molar-refractivity contribution in [2.45, 2.75) is 18.9 Å². The average Bonchev–Trinajstić information content (AvgIpc) is 2.88. The number of carbonyl (C=O) groups is 2. The predicted octanol–water partition coefficient (Wildman–Crippen LogP) is 1.52. The van der Waals surface area contributed by atoms with Crippen molar-refractivity contribution in [1.82, 2.24) is 4.57 Å². The van der Waals surface area contributed by atoms with Crippen molar-refractivity contribution >= 4 is 11.9 Å². The number of rotatable bonds is 5. The summed E-state index contributed by atoms with van der Waals surface area (Å²) in [4.78, 5) is 22.1. The third kappa shape index (κ3) is 3.11. The molecule has 2 rings (SSSR count). The van der Waals surface area contributed by atoms with Crippen molar-refractivity contribution in [3.8, 4) is 5.69 Å². The number of carboxylic acid groups (broad SMARTS) is 2. The number of aromatic nitrogens is 1. The van der Waals surface area contributed by atoms with Gasteiger partial charge in [-0.25, -0.2) is 4.79 Å². The van der Waals surface area contributed by atoms with E-state index in [1.807, 2.05) is 0 Å². The van der Waals surface area contributed by atoms with E-state index in [1.165, 1.54) is 13.0 Å². The Kier molecular flexibility index (Phi) is 3.82. The van der Waals surface area contributed by atoms with Gasteiger partial charge in [-0.15, -0.1) is 0 Å². The second-order valence-electron chi connectivity index (χ2n) is 5.13. The Morgan fingerprint density at radius 1 is 1.19 bits per heavy atom. The van der Waals surface area contributed by atoms with Crippen LogP contribution in [0.25, 0.3) is 5.69 Å². The van der Waals surface area contributed by atoms with Crippen LogP contribution >= 0.6 is 0 Å². The lowest BCUT2D eigenvalue weighted by Crippen LogP contribution is -2.46. The van der Waals surface area contributed by atoms with Gasteiger partial charge in [-0.1, -0.05) is 12.1 Å². The van der Waals surface area contributed by atoms with Crippen LogP contribution in [-0.2, 0) is 11.2 Å². The molecule has 4 N–H and O–H groups in total. The lowest BCUT2D eigenvalue weighted by molar-refractivity contribution is -0.142. The number of nitrogens with two attached hydrogens (primary N) is 1. The van der Waals surface area contributed by atoms with E-state index in [4.69, 9.17) is 15.9 Å². The summed E-state index contributed by atoms with van der Waals surface area (Å²) in [5.41, 5.74) is 6.00. The number of benzene rings is 1. The molecular weight excluding hydrogens is 272 g/mol. The highest BCUT2D eigenvalue weighted by Crippen LogP contribution is 2.17. The molecule has 6 heteroatoms. The molecule has 0 bridgehead atoms. The molecule has 0 saturated heterocycles. The number of hydrogen-bond acceptors (Lipinski definition) is 3. The highest BCUT2D eigenvalue weighted by Gasteiger charge is 2.27. The van der Waals surface area contributed by atoms with Gasteiger partial charge in [0.15, 0.2) is 0 Å². The van der Waals surface area contributed by atoms with Gasteiger partial charge < -0.3 is 20.5 Å². The first-order valence-corrected chi connectivity index (χ1v) is 6.33. The van der Waals surface area contributed by atoms with Crippen molar-refractivity contribution in [3.05, 3.63) is 53.9 Å². The Balaban J connectivity index is 2.25. The van der Waals surface area contributed by atoms with E-state index in [1.54, 1.807) is 41.1 Å². The van der Waals surface area contributed by atoms with Gasteiger partial charge in [-0.3, -0.25) is 4.79 Å². The van der Waals surface area contributed by atoms with Gasteiger partial charge in [-0.2, -0.15) is 0 Å². The molecule has 0 aliphatic rings. The molecule has 21 heavy (non-hydrogen) atoms. The van der Waals surface area contributed by atoms with Crippen LogP contribution in [0.5, 0.6) is 0 Å². The molecule has 0 aliphatic carbocycles. The summed E-state index contributed by atoms with van der Waals surface area (Å²) in [6.07, 6.45) is 1.85. The summed E-state index contributed by atoms with van der Waals surface area (Å²) in [5.74, 6) is -2.07. The molecule has 0 spiro atoms. The van der Waals surface area contributed by atoms with Crippen molar-refractivity contribution in [2.75, 3.05) is 0 Å². The zero-order valence-corrected chi connectivity index (χ0v) is 11.5. The van der Waals surface area contributed by atoms with Gasteiger partial charge in [0.05, 0.1) is 0 Å². The first-order valence-electron chi connectivity index (χ1n) is 6.33. The van der Waals surface area contributed by atoms with Crippen LogP contribution in [0.15, 0.2) is 42.6 Å². The monoisotopic (exact) mass is 288 g/mol. The van der Waals surface area contributed by atoms with Crippen LogP contribution in [0.4, 0.5) is 0 Å². The van der Waals surface area contributed by atoms with Gasteiger partial charge in [-0.05, 0) is 36.8 Å². The van der Waals surface area contributed by atoms with E-state index in [9.17, 15) is 9.59 Å². The van der Waals surface area contributed by atoms with Crippen molar-refractivity contribution in [2.24, 2.45) is 5.73 Å². The molecule has 2 aromatic rings. The minimum absolute atomic E-state index is 0.164. The molecule has 1 unspecified atom stereocenters. The summed E-state index contributed by atoms with van der Waals surface area (Å²) < 4.78 is 1.55. The normalized spacial score (nSPS) is 13.6. The molecule has 1 heterocycles. The van der Waals surface area contributed by atoms with Crippen LogP contribution in [0.1, 0.15) is 23.0 Å². The quantitative estimate of drug-likeness (QED) is 0.773. The minimum Gasteiger partial charge on any atom is -0.480 e. The lowest BCUT2D eigenvalue weighted by atomic mass is 9.94. The average molecular weight is 288 g/mol. The predicted molar refractivity (Wildman–Crippen MR) is 76.7 cm³/mol. The number of nitrogens with zero attached hydrogens (tertiary/aromatic N) is 1. The second-order valence-corrected chi connectivity index (χ2v) is 5.13. The third-order valence-corrected chi connectivity index (χ3v) is 3.24. The van der Waals surface area contributed by atoms with E-state index >= 15 is 0 Å². The Bertz CT molecular complexity index is 671. The first-order chi connectivity index (χ1) is 9.81. The standard InChI is InChI=1S/C15H16N2O4/c1-15(16,14(20)21)9-10-4-6-11(7-5-10)17-8-2-3-12(17)13(18)19/h2-8H,9,16H2,1H3,(H,18,19)(H,20,21). The third-order valence-electron chi connectivity index (χ3n) is 3.24. The van der Waals surface area contributed by atoms with Gasteiger partial charge in [0.2, 0.25) is 0 Å². The van der Waals surface area contributed by atoms with Crippen LogP contribution in [0.3, 0.4) is 0 Å². The Morgan fingerprint density at radius 3 is 2.33 bits per heavy atom. The largest absolute Gasteiger partial charge is 0.480 e. The summed E-state index contributed by atoms with van der Waals surface area (Å²) in [5, 5.41) is 18.1. The van der Waals surface area contributed by atoms with E-state index in [-0.39, 0.29) is 12.1 Å². The van der Waals surface area contributed by atoms with E-state index in [2.05, 4.69) is 0 Å². The van der Waals surface area contributed by atoms with Crippen molar-refractivity contribution in [3.63, 3.8) is 0 Å². The summed E-state index contributed by atoms with van der Waals surface area (Å²) >= 11 is 0. The van der Waals surface area contributed by atoms with Crippen LogP contribution in [0.2, 0.25) is 0 Å². The zero-order chi connectivity index (χ0) is 15.6. The Hall–Kier alpha value is -2.60. The first kappa shape index (κ1) is 14.8. The maximum atomic E-state index is 11.1. The van der Waals surface area contributed by atoms with Crippen molar-refractivity contribution < 1.29 is 19.8 Å². The Labute approximate surface area is 121 Å². The fraction of sp³-hybridized carbons (Fsp3) is 0.200. The van der Waals surface area contributed by atoms with Gasteiger partial charge in [0, 0.05) is 18.3 Å². The van der Waals surface area contributed by atoms with Gasteiger partial charge in [0.1, 0.15) is 11.2 Å². The fourth-order valence-electron chi connectivity index (χ4n) is 2.05. The molecule has 0 radical (unpaired) electrons. The zero-order valence-electron chi connectivity index (χ0n) is 11.5. The fourth-order valence-corrected chi connectivity index (χ4v) is 2.05. The SMILES string of the molecule is CC(N)(Cc1ccc(-n2cccc2C(=O)O)cc1)C(=O)O. The summed E-state index contributed by atoms with van der Waals surface area (Å²) in [7, 11) is 0. The molecule has 1 aromatic carbocycles. The number of carboxylic acids is 2. The Morgan fingerprint density at radius 2 is 1.81 bits per heavy atom. The minimum atomic E-state index is -1.33. The molecule has 0 amide bonds. The summed E-state index contributed by atoms with van der Waals surface area (Å²) in [6, 6.07) is 10.1. The number of aliphatic carboxylic acids is 1. The maximum Gasteiger partial charge on any atom is 0.352 e. The van der Waals surface area contributed by atoms with Crippen LogP contribution in [-0.4, -0.2) is 32.3 Å². The maximum absolute atomic E-state index is 11.1.